The minimum absolute atomic E-state index is 0.105. The molecule has 0 unspecified atom stereocenters. The fraction of sp³-hybridized carbons (Fsp3) is 0.500. The van der Waals surface area contributed by atoms with Crippen LogP contribution in [0.15, 0.2) is 22.7 Å². The molecule has 0 spiro atoms. The van der Waals surface area contributed by atoms with E-state index >= 15 is 0 Å². The molecule has 0 saturated heterocycles. The number of aryl methyl sites for hydroxylation is 2. The van der Waals surface area contributed by atoms with Gasteiger partial charge in [0.15, 0.2) is 17.3 Å². The number of benzene rings is 1. The highest BCUT2D eigenvalue weighted by Gasteiger charge is 2.22. The molecule has 6 heteroatoms. The van der Waals surface area contributed by atoms with Crippen molar-refractivity contribution >= 4 is 5.91 Å². The Bertz CT molecular complexity index is 767. The lowest BCUT2D eigenvalue weighted by molar-refractivity contribution is 0.0950. The molecular weight excluding hydrogens is 332 g/mol. The first-order chi connectivity index (χ1) is 12.6. The van der Waals surface area contributed by atoms with Gasteiger partial charge in [0, 0.05) is 12.5 Å². The average molecular weight is 358 g/mol. The largest absolute Gasteiger partial charge is 0.486 e. The van der Waals surface area contributed by atoms with Gasteiger partial charge in [0.2, 0.25) is 0 Å². The van der Waals surface area contributed by atoms with Gasteiger partial charge < -0.3 is 19.3 Å². The molecule has 1 N–H and O–H groups in total. The smallest absolute Gasteiger partial charge is 0.256 e. The second kappa shape index (κ2) is 8.25. The topological polar surface area (TPSA) is 73.6 Å². The molecule has 1 amide bonds. The molecule has 2 heterocycles. The molecule has 6 nitrogen and oxygen atoms in total. The first-order valence-electron chi connectivity index (χ1n) is 9.19. The molecule has 1 aromatic heterocycles. The zero-order chi connectivity index (χ0) is 18.5. The molecule has 0 atom stereocenters. The highest BCUT2D eigenvalue weighted by molar-refractivity contribution is 5.96. The van der Waals surface area contributed by atoms with E-state index in [9.17, 15) is 4.79 Å². The van der Waals surface area contributed by atoms with E-state index in [-0.39, 0.29) is 11.8 Å². The first kappa shape index (κ1) is 18.3. The number of rotatable bonds is 7. The van der Waals surface area contributed by atoms with Crippen LogP contribution in [-0.2, 0) is 6.42 Å². The third-order valence-electron chi connectivity index (χ3n) is 4.42. The van der Waals surface area contributed by atoms with Crippen LogP contribution in [0.5, 0.6) is 11.5 Å². The highest BCUT2D eigenvalue weighted by atomic mass is 16.6. The lowest BCUT2D eigenvalue weighted by Gasteiger charge is -2.18. The van der Waals surface area contributed by atoms with E-state index in [2.05, 4.69) is 16.5 Å². The number of nitrogens with zero attached hydrogens (tertiary/aromatic N) is 1. The number of aromatic nitrogens is 1. The normalized spacial score (nSPS) is 13.1. The summed E-state index contributed by atoms with van der Waals surface area (Å²) in [6.07, 6.45) is 2.83. The van der Waals surface area contributed by atoms with Gasteiger partial charge in [0.05, 0.1) is 5.69 Å². The van der Waals surface area contributed by atoms with E-state index in [1.54, 1.807) is 6.92 Å². The monoisotopic (exact) mass is 358 g/mol. The number of nitrogens with one attached hydrogen (secondary N) is 1. The molecule has 0 bridgehead atoms. The quantitative estimate of drug-likeness (QED) is 0.765. The van der Waals surface area contributed by atoms with Crippen LogP contribution in [0.4, 0.5) is 0 Å². The van der Waals surface area contributed by atoms with Gasteiger partial charge in [0.25, 0.3) is 5.91 Å². The van der Waals surface area contributed by atoms with Crippen molar-refractivity contribution in [2.24, 2.45) is 0 Å². The van der Waals surface area contributed by atoms with Crippen molar-refractivity contribution in [3.05, 3.63) is 40.8 Å². The molecular formula is C20H26N2O4. The summed E-state index contributed by atoms with van der Waals surface area (Å²) in [6.45, 7) is 7.62. The van der Waals surface area contributed by atoms with Crippen LogP contribution in [0, 0.1) is 6.92 Å². The van der Waals surface area contributed by atoms with Gasteiger partial charge in [-0.1, -0.05) is 25.1 Å². The standard InChI is InChI=1S/C20H26N2O4/c1-13(2)19-18(14(3)22-26-19)20(23)21-9-5-4-6-15-7-8-16-17(12-15)25-11-10-24-16/h7-8,12-13H,4-6,9-11H2,1-3H3,(H,21,23). The van der Waals surface area contributed by atoms with Crippen LogP contribution in [0.1, 0.15) is 60.0 Å². The lowest BCUT2D eigenvalue weighted by Crippen LogP contribution is -2.26. The van der Waals surface area contributed by atoms with Crippen molar-refractivity contribution in [3.8, 4) is 11.5 Å². The fourth-order valence-electron chi connectivity index (χ4n) is 3.05. The third-order valence-corrected chi connectivity index (χ3v) is 4.42. The number of unbranched alkanes of at least 4 members (excludes halogenated alkanes) is 1. The van der Waals surface area contributed by atoms with E-state index in [0.29, 0.717) is 36.8 Å². The Morgan fingerprint density at radius 1 is 1.19 bits per heavy atom. The number of fused-ring (bicyclic) bond motifs is 1. The minimum Gasteiger partial charge on any atom is -0.486 e. The number of amides is 1. The van der Waals surface area contributed by atoms with Gasteiger partial charge in [-0.25, -0.2) is 0 Å². The predicted molar refractivity (Wildman–Crippen MR) is 98.0 cm³/mol. The van der Waals surface area contributed by atoms with Gasteiger partial charge >= 0.3 is 0 Å². The van der Waals surface area contributed by atoms with Crippen molar-refractivity contribution in [2.45, 2.75) is 46.0 Å². The Morgan fingerprint density at radius 3 is 2.73 bits per heavy atom. The van der Waals surface area contributed by atoms with Crippen LogP contribution in [-0.4, -0.2) is 30.8 Å². The number of hydrogen-bond donors (Lipinski definition) is 1. The van der Waals surface area contributed by atoms with Crippen LogP contribution in [0.2, 0.25) is 0 Å². The summed E-state index contributed by atoms with van der Waals surface area (Å²) in [7, 11) is 0. The molecule has 1 aromatic carbocycles. The zero-order valence-corrected chi connectivity index (χ0v) is 15.6. The number of ether oxygens (including phenoxy) is 2. The number of hydrogen-bond acceptors (Lipinski definition) is 5. The molecule has 0 fully saturated rings. The fourth-order valence-corrected chi connectivity index (χ4v) is 3.05. The molecule has 0 aliphatic carbocycles. The maximum absolute atomic E-state index is 12.4. The summed E-state index contributed by atoms with van der Waals surface area (Å²) < 4.78 is 16.4. The van der Waals surface area contributed by atoms with Crippen molar-refractivity contribution in [2.75, 3.05) is 19.8 Å². The van der Waals surface area contributed by atoms with Gasteiger partial charge in [-0.2, -0.15) is 0 Å². The molecule has 1 aliphatic rings. The third kappa shape index (κ3) is 4.18. The molecule has 3 rings (SSSR count). The van der Waals surface area contributed by atoms with Crippen molar-refractivity contribution in [1.29, 1.82) is 0 Å². The number of carbonyl (C=O) groups excluding carboxylic acids is 1. The molecule has 0 radical (unpaired) electrons. The van der Waals surface area contributed by atoms with E-state index in [1.165, 1.54) is 5.56 Å². The van der Waals surface area contributed by atoms with Crippen LogP contribution >= 0.6 is 0 Å². The van der Waals surface area contributed by atoms with Crippen molar-refractivity contribution in [3.63, 3.8) is 0 Å². The molecule has 26 heavy (non-hydrogen) atoms. The zero-order valence-electron chi connectivity index (χ0n) is 15.6. The van der Waals surface area contributed by atoms with Crippen LogP contribution < -0.4 is 14.8 Å². The van der Waals surface area contributed by atoms with Crippen LogP contribution in [0.3, 0.4) is 0 Å². The average Bonchev–Trinajstić information content (AvgIpc) is 3.03. The van der Waals surface area contributed by atoms with E-state index in [0.717, 1.165) is 30.8 Å². The summed E-state index contributed by atoms with van der Waals surface area (Å²) in [6, 6.07) is 6.08. The predicted octanol–water partition coefficient (Wildman–Crippen LogP) is 3.63. The second-order valence-corrected chi connectivity index (χ2v) is 6.85. The Morgan fingerprint density at radius 2 is 1.96 bits per heavy atom. The lowest BCUT2D eigenvalue weighted by atomic mass is 10.0. The summed E-state index contributed by atoms with van der Waals surface area (Å²) >= 11 is 0. The SMILES string of the molecule is Cc1noc(C(C)C)c1C(=O)NCCCCc1ccc2c(c1)OCCO2. The van der Waals surface area contributed by atoms with Crippen LogP contribution in [0.25, 0.3) is 0 Å². The van der Waals surface area contributed by atoms with Crippen molar-refractivity contribution < 1.29 is 18.8 Å². The van der Waals surface area contributed by atoms with E-state index < -0.39 is 0 Å². The molecule has 1 aliphatic heterocycles. The summed E-state index contributed by atoms with van der Waals surface area (Å²) in [4.78, 5) is 12.4. The highest BCUT2D eigenvalue weighted by Crippen LogP contribution is 2.31. The summed E-state index contributed by atoms with van der Waals surface area (Å²) in [5.74, 6) is 2.32. The Balaban J connectivity index is 1.45. The summed E-state index contributed by atoms with van der Waals surface area (Å²) in [5.41, 5.74) is 2.44. The minimum atomic E-state index is -0.105. The second-order valence-electron chi connectivity index (χ2n) is 6.85. The van der Waals surface area contributed by atoms with E-state index in [4.69, 9.17) is 14.0 Å². The molecule has 2 aromatic rings. The number of carbonyl (C=O) groups is 1. The maximum Gasteiger partial charge on any atom is 0.256 e. The van der Waals surface area contributed by atoms with Gasteiger partial charge in [-0.15, -0.1) is 0 Å². The molecule has 0 saturated carbocycles. The Hall–Kier alpha value is -2.50. The van der Waals surface area contributed by atoms with Gasteiger partial charge in [-0.05, 0) is 43.9 Å². The van der Waals surface area contributed by atoms with Gasteiger partial charge in [0.1, 0.15) is 18.8 Å². The molecule has 140 valence electrons. The van der Waals surface area contributed by atoms with Crippen molar-refractivity contribution in [1.82, 2.24) is 10.5 Å². The Kier molecular flexibility index (Phi) is 5.81. The maximum atomic E-state index is 12.4. The van der Waals surface area contributed by atoms with Gasteiger partial charge in [-0.3, -0.25) is 4.79 Å². The summed E-state index contributed by atoms with van der Waals surface area (Å²) in [5, 5.41) is 6.89. The Labute approximate surface area is 153 Å². The van der Waals surface area contributed by atoms with E-state index in [1.807, 2.05) is 26.0 Å². The first-order valence-corrected chi connectivity index (χ1v) is 9.19.